The monoisotopic (exact) mass is 188 g/mol. The van der Waals surface area contributed by atoms with E-state index in [1.54, 1.807) is 0 Å². The van der Waals surface area contributed by atoms with E-state index in [1.807, 2.05) is 11.3 Å². The molecular formula is C9H16S2. The van der Waals surface area contributed by atoms with E-state index in [-0.39, 0.29) is 0 Å². The van der Waals surface area contributed by atoms with Gasteiger partial charge in [-0.1, -0.05) is 5.87 Å². The van der Waals surface area contributed by atoms with Crippen molar-refractivity contribution in [2.75, 3.05) is 18.8 Å². The van der Waals surface area contributed by atoms with Crippen LogP contribution >= 0.6 is 20.1 Å². The quantitative estimate of drug-likeness (QED) is 0.594. The van der Waals surface area contributed by atoms with Gasteiger partial charge in [0.2, 0.25) is 0 Å². The fourth-order valence-electron chi connectivity index (χ4n) is 0.802. The van der Waals surface area contributed by atoms with E-state index in [4.69, 9.17) is 0 Å². The van der Waals surface area contributed by atoms with E-state index in [0.29, 0.717) is 0 Å². The Hall–Kier alpha value is -0.0800. The molecule has 0 unspecified atom stereocenters. The maximum atomic E-state index is 4.30. The van der Waals surface area contributed by atoms with Gasteiger partial charge in [-0.05, 0) is 42.7 Å². The lowest BCUT2D eigenvalue weighted by molar-refractivity contribution is 1.50. The van der Waals surface area contributed by atoms with Crippen LogP contribution in [0.5, 0.6) is 0 Å². The summed E-state index contributed by atoms with van der Waals surface area (Å²) in [5.41, 5.74) is 1.36. The second kappa shape index (κ2) is 2.20. The summed E-state index contributed by atoms with van der Waals surface area (Å²) in [5.74, 6) is 4.30. The molecule has 0 bridgehead atoms. The summed E-state index contributed by atoms with van der Waals surface area (Å²) < 4.78 is 1.46. The van der Waals surface area contributed by atoms with Gasteiger partial charge in [0.15, 0.2) is 0 Å². The van der Waals surface area contributed by atoms with Crippen molar-refractivity contribution in [2.45, 2.75) is 11.1 Å². The third kappa shape index (κ3) is 2.17. The summed E-state index contributed by atoms with van der Waals surface area (Å²) in [5, 5.41) is 2.20. The Bertz CT molecular complexity index is 314. The van der Waals surface area contributed by atoms with Crippen LogP contribution in [0.4, 0.5) is 0 Å². The minimum absolute atomic E-state index is 1.36. The molecule has 0 aliphatic heterocycles. The Morgan fingerprint density at radius 1 is 1.36 bits per heavy atom. The highest BCUT2D eigenvalue weighted by Crippen LogP contribution is 2.56. The first-order valence-electron chi connectivity index (χ1n) is 3.52. The summed E-state index contributed by atoms with van der Waals surface area (Å²) in [4.78, 5) is 0. The summed E-state index contributed by atoms with van der Waals surface area (Å²) >= 11 is 1.84. The molecule has 0 atom stereocenters. The van der Waals surface area contributed by atoms with Crippen LogP contribution in [-0.2, 0) is 0 Å². The average molecular weight is 188 g/mol. The van der Waals surface area contributed by atoms with Crippen molar-refractivity contribution < 1.29 is 0 Å². The smallest absolute Gasteiger partial charge is 0.0387 e. The van der Waals surface area contributed by atoms with Crippen molar-refractivity contribution in [3.8, 4) is 0 Å². The van der Waals surface area contributed by atoms with Crippen molar-refractivity contribution >= 4 is 26.0 Å². The van der Waals surface area contributed by atoms with Gasteiger partial charge in [-0.3, -0.25) is 0 Å². The second-order valence-corrected chi connectivity index (χ2v) is 11.6. The minimum atomic E-state index is -1.47. The van der Waals surface area contributed by atoms with Gasteiger partial charge in [0.1, 0.15) is 0 Å². The highest BCUT2D eigenvalue weighted by molar-refractivity contribution is 8.45. The van der Waals surface area contributed by atoms with Crippen molar-refractivity contribution in [3.63, 3.8) is 0 Å². The van der Waals surface area contributed by atoms with Crippen LogP contribution in [0.15, 0.2) is 15.7 Å². The van der Waals surface area contributed by atoms with Gasteiger partial charge < -0.3 is 0 Å². The lowest BCUT2D eigenvalue weighted by Gasteiger charge is -2.33. The zero-order chi connectivity index (χ0) is 8.72. The van der Waals surface area contributed by atoms with Crippen LogP contribution < -0.4 is 0 Å². The first kappa shape index (κ1) is 9.01. The van der Waals surface area contributed by atoms with Crippen molar-refractivity contribution in [3.05, 3.63) is 17.0 Å². The lowest BCUT2D eigenvalue weighted by atomic mass is 10.4. The van der Waals surface area contributed by atoms with Gasteiger partial charge in [0, 0.05) is 4.21 Å². The summed E-state index contributed by atoms with van der Waals surface area (Å²) in [6.45, 7) is 2.14. The number of aryl methyl sites for hydroxylation is 1. The minimum Gasteiger partial charge on any atom is -0.227 e. The van der Waals surface area contributed by atoms with Gasteiger partial charge >= 0.3 is 0 Å². The highest BCUT2D eigenvalue weighted by Gasteiger charge is 2.15. The zero-order valence-corrected chi connectivity index (χ0v) is 9.31. The molecule has 0 radical (unpaired) electrons. The predicted octanol–water partition coefficient (Wildman–Crippen LogP) is 3.08. The Labute approximate surface area is 73.1 Å². The summed E-state index contributed by atoms with van der Waals surface area (Å²) in [6.07, 6.45) is 6.80. The van der Waals surface area contributed by atoms with Gasteiger partial charge in [0.05, 0.1) is 0 Å². The second-order valence-electron chi connectivity index (χ2n) is 4.29. The molecule has 2 heteroatoms. The molecule has 64 valence electrons. The number of rotatable bonds is 1. The Morgan fingerprint density at radius 2 is 1.91 bits per heavy atom. The molecular weight excluding hydrogens is 172 g/mol. The number of thiophene rings is 1. The zero-order valence-electron chi connectivity index (χ0n) is 7.68. The molecule has 0 N–H and O–H groups in total. The Morgan fingerprint density at radius 3 is 2.09 bits per heavy atom. The van der Waals surface area contributed by atoms with Crippen LogP contribution in [0.1, 0.15) is 5.56 Å². The largest absolute Gasteiger partial charge is 0.227 e. The molecule has 0 fully saturated rings. The van der Waals surface area contributed by atoms with Crippen molar-refractivity contribution in [2.24, 2.45) is 0 Å². The van der Waals surface area contributed by atoms with E-state index >= 15 is 0 Å². The molecule has 11 heavy (non-hydrogen) atoms. The van der Waals surface area contributed by atoms with Crippen LogP contribution in [0.3, 0.4) is 0 Å². The standard InChI is InChI=1S/C9H16S2/c1-8-6-9(10-7-8)11(2,3,4)5/h6-7H,2H2,1,3-5H3. The van der Waals surface area contributed by atoms with Gasteiger partial charge in [-0.25, -0.2) is 8.75 Å². The van der Waals surface area contributed by atoms with Crippen LogP contribution in [0.2, 0.25) is 0 Å². The fourth-order valence-corrected chi connectivity index (χ4v) is 3.62. The predicted molar refractivity (Wildman–Crippen MR) is 59.8 cm³/mol. The lowest BCUT2D eigenvalue weighted by Crippen LogP contribution is -1.98. The van der Waals surface area contributed by atoms with Gasteiger partial charge in [0.25, 0.3) is 0 Å². The summed E-state index contributed by atoms with van der Waals surface area (Å²) in [6, 6.07) is 2.26. The highest BCUT2D eigenvalue weighted by atomic mass is 32.3. The fraction of sp³-hybridized carbons (Fsp3) is 0.444. The van der Waals surface area contributed by atoms with E-state index in [2.05, 4.69) is 43.0 Å². The number of hydrogen-bond acceptors (Lipinski definition) is 1. The molecule has 0 aliphatic carbocycles. The van der Waals surface area contributed by atoms with Gasteiger partial charge in [-0.2, -0.15) is 0 Å². The number of hydrogen-bond donors (Lipinski definition) is 0. The first-order chi connectivity index (χ1) is 4.76. The maximum Gasteiger partial charge on any atom is 0.0387 e. The maximum absolute atomic E-state index is 4.30. The van der Waals surface area contributed by atoms with Crippen LogP contribution in [-0.4, -0.2) is 24.6 Å². The van der Waals surface area contributed by atoms with E-state index in [0.717, 1.165) is 0 Å². The molecule has 1 aromatic rings. The molecule has 1 aromatic heterocycles. The molecule has 0 nitrogen and oxygen atoms in total. The van der Waals surface area contributed by atoms with E-state index in [1.165, 1.54) is 9.77 Å². The van der Waals surface area contributed by atoms with E-state index in [9.17, 15) is 0 Å². The van der Waals surface area contributed by atoms with Crippen molar-refractivity contribution in [1.29, 1.82) is 0 Å². The molecule has 0 saturated carbocycles. The summed E-state index contributed by atoms with van der Waals surface area (Å²) in [7, 11) is -1.47. The molecule has 0 spiro atoms. The third-order valence-corrected chi connectivity index (χ3v) is 6.04. The Kier molecular flexibility index (Phi) is 1.81. The Balaban J connectivity index is 3.24. The van der Waals surface area contributed by atoms with Crippen molar-refractivity contribution in [1.82, 2.24) is 0 Å². The molecule has 1 rings (SSSR count). The average Bonchev–Trinajstić information content (AvgIpc) is 2.09. The molecule has 0 aromatic carbocycles. The van der Waals surface area contributed by atoms with Crippen LogP contribution in [0, 0.1) is 6.92 Å². The SMILES string of the molecule is C=S(C)(C)(C)c1cc(C)cs1. The topological polar surface area (TPSA) is 0 Å². The third-order valence-electron chi connectivity index (χ3n) is 1.45. The first-order valence-corrected chi connectivity index (χ1v) is 7.84. The molecule has 0 amide bonds. The van der Waals surface area contributed by atoms with Gasteiger partial charge in [-0.15, -0.1) is 11.3 Å². The van der Waals surface area contributed by atoms with E-state index < -0.39 is 8.75 Å². The molecule has 0 saturated heterocycles. The normalized spacial score (nSPS) is 15.8. The van der Waals surface area contributed by atoms with Crippen LogP contribution in [0.25, 0.3) is 0 Å². The molecule has 1 heterocycles. The molecule has 0 aliphatic rings.